The van der Waals surface area contributed by atoms with Gasteiger partial charge in [-0.25, -0.2) is 0 Å². The van der Waals surface area contributed by atoms with Crippen molar-refractivity contribution in [1.82, 2.24) is 0 Å². The number of benzene rings is 3. The first-order valence-electron chi connectivity index (χ1n) is 8.60. The van der Waals surface area contributed by atoms with Crippen LogP contribution in [0.15, 0.2) is 65.7 Å². The number of nitro groups is 1. The van der Waals surface area contributed by atoms with Crippen LogP contribution in [-0.4, -0.2) is 24.9 Å². The van der Waals surface area contributed by atoms with E-state index in [0.29, 0.717) is 22.6 Å². The van der Waals surface area contributed by atoms with Crippen molar-refractivity contribution < 1.29 is 28.3 Å². The van der Waals surface area contributed by atoms with E-state index in [2.05, 4.69) is 9.73 Å². The van der Waals surface area contributed by atoms with E-state index < -0.39 is 17.3 Å². The van der Waals surface area contributed by atoms with Gasteiger partial charge in [0.2, 0.25) is 0 Å². The van der Waals surface area contributed by atoms with Gasteiger partial charge in [-0.1, -0.05) is 23.9 Å². The molecule has 0 spiro atoms. The molecule has 0 amide bonds. The van der Waals surface area contributed by atoms with E-state index in [-0.39, 0.29) is 17.0 Å². The van der Waals surface area contributed by atoms with Gasteiger partial charge < -0.3 is 14.6 Å². The second-order valence-corrected chi connectivity index (χ2v) is 6.02. The number of non-ortho nitro benzene ring substituents is 1. The molecule has 30 heavy (non-hydrogen) atoms. The Balaban J connectivity index is 1.99. The Morgan fingerprint density at radius 3 is 2.43 bits per heavy atom. The minimum atomic E-state index is -3.01. The van der Waals surface area contributed by atoms with Gasteiger partial charge in [-0.2, -0.15) is 8.78 Å². The summed E-state index contributed by atoms with van der Waals surface area (Å²) in [5.41, 5.74) is 1.07. The van der Waals surface area contributed by atoms with Crippen molar-refractivity contribution in [2.45, 2.75) is 6.61 Å². The third kappa shape index (κ3) is 4.88. The van der Waals surface area contributed by atoms with Crippen molar-refractivity contribution in [2.24, 2.45) is 4.99 Å². The van der Waals surface area contributed by atoms with Crippen molar-refractivity contribution in [3.63, 3.8) is 0 Å². The Morgan fingerprint density at radius 2 is 1.80 bits per heavy atom. The van der Waals surface area contributed by atoms with Crippen LogP contribution in [-0.2, 0) is 0 Å². The highest BCUT2D eigenvalue weighted by atomic mass is 19.3. The van der Waals surface area contributed by atoms with Crippen molar-refractivity contribution in [3.8, 4) is 28.4 Å². The van der Waals surface area contributed by atoms with Crippen LogP contribution >= 0.6 is 0 Å². The summed E-state index contributed by atoms with van der Waals surface area (Å²) in [4.78, 5) is 14.4. The average molecular weight is 413 g/mol. The fraction of sp³-hybridized carbons (Fsp3) is 0.0952. The third-order valence-electron chi connectivity index (χ3n) is 4.14. The number of aliphatic imine (C=N–C) groups is 1. The molecule has 0 aliphatic rings. The smallest absolute Gasteiger partial charge is 0.387 e. The number of ether oxygens (including phenoxy) is 2. The van der Waals surface area contributed by atoms with E-state index in [9.17, 15) is 24.0 Å². The molecule has 0 N–H and O–H groups in total. The van der Waals surface area contributed by atoms with E-state index in [1.54, 1.807) is 24.3 Å². The largest absolute Gasteiger partial charge is 0.872 e. The second-order valence-electron chi connectivity index (χ2n) is 6.02. The molecule has 3 aromatic carbocycles. The molecule has 0 atom stereocenters. The Bertz CT molecular complexity index is 1090. The number of alkyl halides is 2. The van der Waals surface area contributed by atoms with Crippen LogP contribution in [0.25, 0.3) is 11.1 Å². The topological polar surface area (TPSA) is 97.0 Å². The van der Waals surface area contributed by atoms with Crippen LogP contribution in [0, 0.1) is 10.1 Å². The first-order chi connectivity index (χ1) is 14.4. The zero-order chi connectivity index (χ0) is 21.7. The molecule has 9 heteroatoms. The number of hydrogen-bond acceptors (Lipinski definition) is 6. The normalized spacial score (nSPS) is 11.1. The molecule has 0 aliphatic carbocycles. The minimum absolute atomic E-state index is 0.0307. The van der Waals surface area contributed by atoms with Crippen LogP contribution in [0.3, 0.4) is 0 Å². The molecule has 0 saturated heterocycles. The zero-order valence-electron chi connectivity index (χ0n) is 15.6. The van der Waals surface area contributed by atoms with Gasteiger partial charge in [-0.3, -0.25) is 15.1 Å². The lowest BCUT2D eigenvalue weighted by Crippen LogP contribution is -2.03. The van der Waals surface area contributed by atoms with Crippen molar-refractivity contribution in [2.75, 3.05) is 7.11 Å². The van der Waals surface area contributed by atoms with Gasteiger partial charge >= 0.3 is 6.61 Å². The lowest BCUT2D eigenvalue weighted by atomic mass is 10.0. The SMILES string of the molecule is COc1ccc(-c2cc(N=Cc3cc([N+](=O)[O-])ccc3[O-])ccc2OC(F)F)cc1. The van der Waals surface area contributed by atoms with Crippen LogP contribution in [0.5, 0.6) is 17.2 Å². The van der Waals surface area contributed by atoms with E-state index >= 15 is 0 Å². The molecule has 3 rings (SSSR count). The number of hydrogen-bond donors (Lipinski definition) is 0. The lowest BCUT2D eigenvalue weighted by molar-refractivity contribution is -0.385. The predicted octanol–water partition coefficient (Wildman–Crippen LogP) is 4.70. The summed E-state index contributed by atoms with van der Waals surface area (Å²) in [6.07, 6.45) is 1.19. The van der Waals surface area contributed by atoms with Crippen LogP contribution in [0.1, 0.15) is 5.56 Å². The molecule has 3 aromatic rings. The molecule has 0 aromatic heterocycles. The van der Waals surface area contributed by atoms with E-state index in [0.717, 1.165) is 18.2 Å². The van der Waals surface area contributed by atoms with Crippen molar-refractivity contribution >= 4 is 17.6 Å². The minimum Gasteiger partial charge on any atom is -0.872 e. The molecular weight excluding hydrogens is 398 g/mol. The number of rotatable bonds is 7. The molecule has 0 bridgehead atoms. The van der Waals surface area contributed by atoms with Gasteiger partial charge in [0, 0.05) is 23.9 Å². The van der Waals surface area contributed by atoms with Gasteiger partial charge in [0.05, 0.1) is 17.7 Å². The maximum atomic E-state index is 12.8. The number of halogens is 2. The van der Waals surface area contributed by atoms with E-state index in [4.69, 9.17) is 4.74 Å². The Hall–Kier alpha value is -4.01. The van der Waals surface area contributed by atoms with Gasteiger partial charge in [0.25, 0.3) is 5.69 Å². The average Bonchev–Trinajstić information content (AvgIpc) is 2.73. The maximum absolute atomic E-state index is 12.8. The van der Waals surface area contributed by atoms with Crippen LogP contribution in [0.4, 0.5) is 20.2 Å². The molecule has 7 nitrogen and oxygen atoms in total. The quantitative estimate of drug-likeness (QED) is 0.318. The summed E-state index contributed by atoms with van der Waals surface area (Å²) in [6, 6.07) is 14.3. The summed E-state index contributed by atoms with van der Waals surface area (Å²) < 4.78 is 35.3. The fourth-order valence-electron chi connectivity index (χ4n) is 2.69. The second kappa shape index (κ2) is 8.99. The van der Waals surface area contributed by atoms with Crippen LogP contribution < -0.4 is 14.6 Å². The standard InChI is InChI=1S/C21H16F2N2O5/c1-29-17-6-2-13(3-7-17)18-11-15(4-9-20(18)30-21(22)23)24-12-14-10-16(25(27)28)5-8-19(14)26/h2-12,21,26H,1H3/p-1. The van der Waals surface area contributed by atoms with E-state index in [1.807, 2.05) is 0 Å². The fourth-order valence-corrected chi connectivity index (χ4v) is 2.69. The molecule has 154 valence electrons. The molecule has 0 fully saturated rings. The molecule has 0 aliphatic heterocycles. The highest BCUT2D eigenvalue weighted by molar-refractivity contribution is 5.87. The zero-order valence-corrected chi connectivity index (χ0v) is 15.6. The summed E-state index contributed by atoms with van der Waals surface area (Å²) in [6.45, 7) is -3.01. The number of methoxy groups -OCH3 is 1. The van der Waals surface area contributed by atoms with Crippen molar-refractivity contribution in [3.05, 3.63) is 76.3 Å². The molecule has 0 radical (unpaired) electrons. The van der Waals surface area contributed by atoms with Gasteiger partial charge in [0.15, 0.2) is 0 Å². The highest BCUT2D eigenvalue weighted by Gasteiger charge is 2.13. The van der Waals surface area contributed by atoms with Gasteiger partial charge in [0.1, 0.15) is 11.5 Å². The van der Waals surface area contributed by atoms with E-state index in [1.165, 1.54) is 31.5 Å². The summed E-state index contributed by atoms with van der Waals surface area (Å²) in [5, 5.41) is 22.8. The van der Waals surface area contributed by atoms with Crippen LogP contribution in [0.2, 0.25) is 0 Å². The Morgan fingerprint density at radius 1 is 1.07 bits per heavy atom. The maximum Gasteiger partial charge on any atom is 0.387 e. The molecular formula is C21H15F2N2O5-. The lowest BCUT2D eigenvalue weighted by Gasteiger charge is -2.12. The summed E-state index contributed by atoms with van der Waals surface area (Å²) in [7, 11) is 1.51. The number of nitro benzene ring substituents is 1. The first-order valence-corrected chi connectivity index (χ1v) is 8.60. The third-order valence-corrected chi connectivity index (χ3v) is 4.14. The van der Waals surface area contributed by atoms with Gasteiger partial charge in [-0.05, 0) is 41.5 Å². The van der Waals surface area contributed by atoms with Gasteiger partial charge in [-0.15, -0.1) is 0 Å². The number of nitrogens with zero attached hydrogens (tertiary/aromatic N) is 2. The summed E-state index contributed by atoms with van der Waals surface area (Å²) >= 11 is 0. The molecule has 0 saturated carbocycles. The first kappa shape index (κ1) is 20.7. The molecule has 0 heterocycles. The van der Waals surface area contributed by atoms with Crippen molar-refractivity contribution in [1.29, 1.82) is 0 Å². The molecule has 0 unspecified atom stereocenters. The monoisotopic (exact) mass is 413 g/mol. The Kier molecular flexibility index (Phi) is 6.21. The summed E-state index contributed by atoms with van der Waals surface area (Å²) in [5.74, 6) is 0.115. The Labute approximate surface area is 170 Å². The highest BCUT2D eigenvalue weighted by Crippen LogP contribution is 2.35. The predicted molar refractivity (Wildman–Crippen MR) is 105 cm³/mol.